The van der Waals surface area contributed by atoms with E-state index in [1.54, 1.807) is 12.5 Å². The van der Waals surface area contributed by atoms with Crippen LogP contribution in [0.4, 0.5) is 0 Å². The molecule has 4 saturated carbocycles. The fourth-order valence-electron chi connectivity index (χ4n) is 11.0. The standard InChI is InChI=1S/C32H52O3/c1-21(34)35-26-12-13-30(6)24(27(26,2)3)11-14-32(8)25(30)10-9-22-23-19-28(4,20-33)15-16-29(23,5)17-18-31(22,32)7/h9,23-26,33H,10-20H2,1-8H3. The number of rotatable bonds is 2. The fourth-order valence-corrected chi connectivity index (χ4v) is 11.0. The average molecular weight is 485 g/mol. The molecule has 4 fully saturated rings. The van der Waals surface area contributed by atoms with Crippen LogP contribution in [-0.2, 0) is 9.53 Å². The smallest absolute Gasteiger partial charge is 0.302 e. The fraction of sp³-hybridized carbons (Fsp3) is 0.906. The number of aliphatic hydroxyl groups is 1. The Kier molecular flexibility index (Phi) is 5.78. The number of ether oxygens (including phenoxy) is 1. The van der Waals surface area contributed by atoms with Gasteiger partial charge in [-0.05, 0) is 109 Å². The van der Waals surface area contributed by atoms with E-state index in [1.165, 1.54) is 51.4 Å². The maximum absolute atomic E-state index is 11.9. The molecule has 5 rings (SSSR count). The van der Waals surface area contributed by atoms with Gasteiger partial charge in [0.2, 0.25) is 0 Å². The van der Waals surface area contributed by atoms with Crippen molar-refractivity contribution in [3.05, 3.63) is 11.6 Å². The lowest BCUT2D eigenvalue weighted by Crippen LogP contribution is -2.64. The van der Waals surface area contributed by atoms with Crippen LogP contribution in [0.2, 0.25) is 0 Å². The molecular weight excluding hydrogens is 432 g/mol. The molecule has 0 spiro atoms. The SMILES string of the molecule is CC(=O)OC1CCC2(C)C(CCC3(C)C2CC=C2C4CC(C)(CO)CCC4(C)CCC23C)C1(C)C. The van der Waals surface area contributed by atoms with Crippen molar-refractivity contribution < 1.29 is 14.6 Å². The first kappa shape index (κ1) is 25.8. The Hall–Kier alpha value is -0.830. The van der Waals surface area contributed by atoms with Gasteiger partial charge in [-0.15, -0.1) is 0 Å². The van der Waals surface area contributed by atoms with Crippen molar-refractivity contribution in [3.8, 4) is 0 Å². The monoisotopic (exact) mass is 484 g/mol. The van der Waals surface area contributed by atoms with Crippen LogP contribution in [0.15, 0.2) is 11.6 Å². The molecule has 0 heterocycles. The summed E-state index contributed by atoms with van der Waals surface area (Å²) in [6.07, 6.45) is 14.9. The van der Waals surface area contributed by atoms with E-state index in [-0.39, 0.29) is 33.7 Å². The van der Waals surface area contributed by atoms with Crippen LogP contribution in [0.3, 0.4) is 0 Å². The third kappa shape index (κ3) is 3.41. The van der Waals surface area contributed by atoms with Crippen molar-refractivity contribution in [1.82, 2.24) is 0 Å². The van der Waals surface area contributed by atoms with Gasteiger partial charge in [0.25, 0.3) is 0 Å². The Morgan fingerprint density at radius 2 is 1.63 bits per heavy atom. The zero-order chi connectivity index (χ0) is 25.7. The molecule has 0 saturated heterocycles. The zero-order valence-electron chi connectivity index (χ0n) is 23.9. The van der Waals surface area contributed by atoms with E-state index in [0.717, 1.165) is 12.8 Å². The Morgan fingerprint density at radius 1 is 0.943 bits per heavy atom. The Labute approximate surface area is 214 Å². The molecular formula is C32H52O3. The predicted molar refractivity (Wildman–Crippen MR) is 142 cm³/mol. The van der Waals surface area contributed by atoms with E-state index in [1.807, 2.05) is 0 Å². The first-order valence-corrected chi connectivity index (χ1v) is 14.6. The number of fused-ring (bicyclic) bond motifs is 7. The Bertz CT molecular complexity index is 920. The molecule has 1 N–H and O–H groups in total. The highest BCUT2D eigenvalue weighted by Crippen LogP contribution is 2.75. The number of allylic oxidation sites excluding steroid dienone is 2. The predicted octanol–water partition coefficient (Wildman–Crippen LogP) is 7.71. The van der Waals surface area contributed by atoms with E-state index >= 15 is 0 Å². The minimum atomic E-state index is -0.127. The second-order valence-electron chi connectivity index (χ2n) is 15.6. The van der Waals surface area contributed by atoms with Crippen molar-refractivity contribution in [3.63, 3.8) is 0 Å². The number of carbonyl (C=O) groups excluding carboxylic acids is 1. The van der Waals surface area contributed by atoms with E-state index in [2.05, 4.69) is 54.5 Å². The van der Waals surface area contributed by atoms with Crippen LogP contribution in [0.1, 0.15) is 120 Å². The average Bonchev–Trinajstić information content (AvgIpc) is 2.77. The molecule has 35 heavy (non-hydrogen) atoms. The summed E-state index contributed by atoms with van der Waals surface area (Å²) in [5.74, 6) is 1.76. The summed E-state index contributed by atoms with van der Waals surface area (Å²) in [6.45, 7) is 19.4. The van der Waals surface area contributed by atoms with Crippen molar-refractivity contribution >= 4 is 5.97 Å². The first-order valence-electron chi connectivity index (χ1n) is 14.6. The zero-order valence-corrected chi connectivity index (χ0v) is 23.9. The quantitative estimate of drug-likeness (QED) is 0.322. The summed E-state index contributed by atoms with van der Waals surface area (Å²) in [5, 5.41) is 10.3. The number of carbonyl (C=O) groups is 1. The van der Waals surface area contributed by atoms with Gasteiger partial charge in [-0.25, -0.2) is 0 Å². The van der Waals surface area contributed by atoms with E-state index in [4.69, 9.17) is 4.74 Å². The Morgan fingerprint density at radius 3 is 2.29 bits per heavy atom. The van der Waals surface area contributed by atoms with E-state index in [9.17, 15) is 9.90 Å². The molecule has 5 aliphatic rings. The molecule has 0 aliphatic heterocycles. The molecule has 3 heteroatoms. The lowest BCUT2D eigenvalue weighted by Gasteiger charge is -2.71. The summed E-state index contributed by atoms with van der Waals surface area (Å²) in [7, 11) is 0. The minimum Gasteiger partial charge on any atom is -0.462 e. The highest BCUT2D eigenvalue weighted by atomic mass is 16.5. The van der Waals surface area contributed by atoms with Gasteiger partial charge in [0, 0.05) is 18.9 Å². The Balaban J connectivity index is 1.52. The third-order valence-corrected chi connectivity index (χ3v) is 13.6. The molecule has 9 unspecified atom stereocenters. The van der Waals surface area contributed by atoms with Crippen LogP contribution >= 0.6 is 0 Å². The van der Waals surface area contributed by atoms with Gasteiger partial charge in [-0.3, -0.25) is 4.79 Å². The van der Waals surface area contributed by atoms with Gasteiger partial charge in [-0.2, -0.15) is 0 Å². The maximum atomic E-state index is 11.9. The molecule has 0 aromatic rings. The van der Waals surface area contributed by atoms with Gasteiger partial charge >= 0.3 is 5.97 Å². The summed E-state index contributed by atoms with van der Waals surface area (Å²) in [5.41, 5.74) is 3.09. The lowest BCUT2D eigenvalue weighted by molar-refractivity contribution is -0.212. The molecule has 5 aliphatic carbocycles. The largest absolute Gasteiger partial charge is 0.462 e. The molecule has 0 radical (unpaired) electrons. The normalized spacial score (nSPS) is 52.8. The van der Waals surface area contributed by atoms with Gasteiger partial charge in [-0.1, -0.05) is 60.1 Å². The molecule has 0 amide bonds. The molecule has 0 aromatic heterocycles. The van der Waals surface area contributed by atoms with Gasteiger partial charge in [0.05, 0.1) is 0 Å². The van der Waals surface area contributed by atoms with Crippen LogP contribution in [0, 0.1) is 50.2 Å². The molecule has 3 nitrogen and oxygen atoms in total. The molecule has 0 aromatic carbocycles. The van der Waals surface area contributed by atoms with Crippen molar-refractivity contribution in [2.45, 2.75) is 126 Å². The van der Waals surface area contributed by atoms with Gasteiger partial charge in [0.15, 0.2) is 0 Å². The highest BCUT2D eigenvalue weighted by Gasteiger charge is 2.68. The number of aliphatic hydroxyl groups excluding tert-OH is 1. The third-order valence-electron chi connectivity index (χ3n) is 13.6. The van der Waals surface area contributed by atoms with Gasteiger partial charge < -0.3 is 9.84 Å². The van der Waals surface area contributed by atoms with Crippen LogP contribution in [-0.4, -0.2) is 23.8 Å². The summed E-state index contributed by atoms with van der Waals surface area (Å²) in [6, 6.07) is 0. The molecule has 9 atom stereocenters. The second-order valence-corrected chi connectivity index (χ2v) is 15.6. The highest BCUT2D eigenvalue weighted by molar-refractivity contribution is 5.66. The van der Waals surface area contributed by atoms with Crippen LogP contribution < -0.4 is 0 Å². The summed E-state index contributed by atoms with van der Waals surface area (Å²) in [4.78, 5) is 11.9. The van der Waals surface area contributed by atoms with Crippen LogP contribution in [0.5, 0.6) is 0 Å². The van der Waals surface area contributed by atoms with Crippen molar-refractivity contribution in [2.75, 3.05) is 6.61 Å². The second kappa shape index (κ2) is 7.84. The van der Waals surface area contributed by atoms with Crippen molar-refractivity contribution in [2.24, 2.45) is 50.2 Å². The molecule has 198 valence electrons. The number of hydrogen-bond donors (Lipinski definition) is 1. The van der Waals surface area contributed by atoms with Crippen molar-refractivity contribution in [1.29, 1.82) is 0 Å². The maximum Gasteiger partial charge on any atom is 0.302 e. The lowest BCUT2D eigenvalue weighted by atomic mass is 9.33. The number of esters is 1. The topological polar surface area (TPSA) is 46.5 Å². The number of hydrogen-bond acceptors (Lipinski definition) is 3. The van der Waals surface area contributed by atoms with Gasteiger partial charge in [0.1, 0.15) is 6.10 Å². The minimum absolute atomic E-state index is 0.0162. The van der Waals surface area contributed by atoms with Crippen LogP contribution in [0.25, 0.3) is 0 Å². The summed E-state index contributed by atoms with van der Waals surface area (Å²) >= 11 is 0. The molecule has 0 bridgehead atoms. The van der Waals surface area contributed by atoms with E-state index < -0.39 is 0 Å². The first-order chi connectivity index (χ1) is 16.2. The van der Waals surface area contributed by atoms with E-state index in [0.29, 0.717) is 35.2 Å². The summed E-state index contributed by atoms with van der Waals surface area (Å²) < 4.78 is 5.90.